The van der Waals surface area contributed by atoms with Crippen LogP contribution in [0.15, 0.2) is 36.4 Å². The number of ether oxygens (including phenoxy) is 3. The van der Waals surface area contributed by atoms with Crippen molar-refractivity contribution in [3.8, 4) is 17.2 Å². The van der Waals surface area contributed by atoms with Gasteiger partial charge in [-0.2, -0.15) is 0 Å². The molecule has 0 aromatic heterocycles. The molecule has 2 aromatic carbocycles. The Kier molecular flexibility index (Phi) is 8.45. The number of aliphatic carboxylic acids is 1. The molecule has 0 amide bonds. The number of carboxylic acids is 1. The lowest BCUT2D eigenvalue weighted by Crippen LogP contribution is -2.24. The maximum Gasteiger partial charge on any atom is 0.342 e. The van der Waals surface area contributed by atoms with Crippen LogP contribution in [-0.4, -0.2) is 46.6 Å². The summed E-state index contributed by atoms with van der Waals surface area (Å²) in [5, 5.41) is 20.6. The number of fused-ring (bicyclic) bond motifs is 2. The lowest BCUT2D eigenvalue weighted by molar-refractivity contribution is -0.139. The zero-order valence-corrected chi connectivity index (χ0v) is 21.1. The van der Waals surface area contributed by atoms with Gasteiger partial charge in [0.1, 0.15) is 28.6 Å². The third kappa shape index (κ3) is 6.22. The average Bonchev–Trinajstić information content (AvgIpc) is 2.86. The first kappa shape index (κ1) is 26.9. The Hall–Kier alpha value is -4.14. The molecule has 0 unspecified atom stereocenters. The smallest absolute Gasteiger partial charge is 0.342 e. The minimum atomic E-state index is -1.16. The Morgan fingerprint density at radius 1 is 1.13 bits per heavy atom. The summed E-state index contributed by atoms with van der Waals surface area (Å²) >= 11 is 0. The van der Waals surface area contributed by atoms with Gasteiger partial charge in [0, 0.05) is 29.9 Å². The van der Waals surface area contributed by atoms with E-state index in [1.807, 2.05) is 0 Å². The van der Waals surface area contributed by atoms with Gasteiger partial charge in [-0.05, 0) is 50.3 Å². The first-order chi connectivity index (χ1) is 18.2. The molecule has 0 aliphatic carbocycles. The average molecular weight is 523 g/mol. The van der Waals surface area contributed by atoms with E-state index in [0.29, 0.717) is 49.7 Å². The Morgan fingerprint density at radius 3 is 2.68 bits per heavy atom. The maximum absolute atomic E-state index is 13.3. The number of hydrogen-bond acceptors (Lipinski definition) is 8. The molecule has 4 rings (SSSR count). The standard InChI is InChI=1S/C29H30O9/c1-17-8-7-11-19(30)10-4-2-3-9-18-14-23-27(28(34)26(18)29(35)37-17)21(15-25(33)38-23)20-12-5-6-13-22(20)36-16-24(31)32/h3,5-6,9,12-14,17,21,34H,2,4,7-8,10-11,15-16H2,1H3,(H,31,32)/b9-3+/t17-,21-/m1/s1. The lowest BCUT2D eigenvalue weighted by Gasteiger charge is -2.28. The van der Waals surface area contributed by atoms with E-state index < -0.39 is 36.5 Å². The molecule has 2 atom stereocenters. The highest BCUT2D eigenvalue weighted by molar-refractivity contribution is 5.98. The number of carbonyl (C=O) groups is 4. The van der Waals surface area contributed by atoms with E-state index in [1.54, 1.807) is 43.3 Å². The minimum absolute atomic E-state index is 0.0492. The fourth-order valence-corrected chi connectivity index (χ4v) is 4.82. The molecule has 2 heterocycles. The van der Waals surface area contributed by atoms with E-state index in [-0.39, 0.29) is 40.6 Å². The summed E-state index contributed by atoms with van der Waals surface area (Å²) in [6.45, 7) is 1.15. The van der Waals surface area contributed by atoms with Crippen molar-refractivity contribution in [3.05, 3.63) is 58.7 Å². The van der Waals surface area contributed by atoms with Crippen molar-refractivity contribution in [3.63, 3.8) is 0 Å². The maximum atomic E-state index is 13.3. The third-order valence-electron chi connectivity index (χ3n) is 6.62. The highest BCUT2D eigenvalue weighted by atomic mass is 16.5. The number of para-hydroxylation sites is 1. The van der Waals surface area contributed by atoms with Crippen LogP contribution in [-0.2, 0) is 19.1 Å². The van der Waals surface area contributed by atoms with Crippen LogP contribution in [0, 0.1) is 0 Å². The number of carbonyl (C=O) groups excluding carboxylic acids is 3. The number of carboxylic acid groups (broad SMARTS) is 1. The molecule has 0 fully saturated rings. The monoisotopic (exact) mass is 522 g/mol. The zero-order valence-electron chi connectivity index (χ0n) is 21.1. The van der Waals surface area contributed by atoms with Gasteiger partial charge in [-0.25, -0.2) is 9.59 Å². The molecule has 2 aliphatic rings. The topological polar surface area (TPSA) is 136 Å². The number of benzene rings is 2. The molecule has 200 valence electrons. The number of cyclic esters (lactones) is 1. The predicted molar refractivity (Wildman–Crippen MR) is 136 cm³/mol. The summed E-state index contributed by atoms with van der Waals surface area (Å²) in [5.41, 5.74) is 0.974. The second-order valence-electron chi connectivity index (χ2n) is 9.49. The fraction of sp³-hybridized carbons (Fsp3) is 0.379. The largest absolute Gasteiger partial charge is 0.507 e. The number of esters is 2. The molecule has 2 N–H and O–H groups in total. The highest BCUT2D eigenvalue weighted by Crippen LogP contribution is 2.48. The molecular weight excluding hydrogens is 492 g/mol. The van der Waals surface area contributed by atoms with Crippen molar-refractivity contribution < 1.29 is 43.6 Å². The summed E-state index contributed by atoms with van der Waals surface area (Å²) in [7, 11) is 0. The highest BCUT2D eigenvalue weighted by Gasteiger charge is 2.36. The molecule has 0 saturated heterocycles. The molecule has 2 aliphatic heterocycles. The van der Waals surface area contributed by atoms with Crippen LogP contribution < -0.4 is 9.47 Å². The van der Waals surface area contributed by atoms with E-state index in [2.05, 4.69) is 0 Å². The van der Waals surface area contributed by atoms with Crippen LogP contribution in [0.2, 0.25) is 0 Å². The molecular formula is C29H30O9. The van der Waals surface area contributed by atoms with Gasteiger partial charge in [-0.15, -0.1) is 0 Å². The van der Waals surface area contributed by atoms with Crippen molar-refractivity contribution in [1.82, 2.24) is 0 Å². The predicted octanol–water partition coefficient (Wildman–Crippen LogP) is 4.78. The lowest BCUT2D eigenvalue weighted by atomic mass is 9.83. The first-order valence-corrected chi connectivity index (χ1v) is 12.7. The number of phenols is 1. The van der Waals surface area contributed by atoms with E-state index in [1.165, 1.54) is 6.07 Å². The number of aromatic hydroxyl groups is 1. The Balaban J connectivity index is 1.81. The summed E-state index contributed by atoms with van der Waals surface area (Å²) < 4.78 is 16.6. The summed E-state index contributed by atoms with van der Waals surface area (Å²) in [4.78, 5) is 49.1. The van der Waals surface area contributed by atoms with Crippen LogP contribution in [0.1, 0.15) is 84.8 Å². The summed E-state index contributed by atoms with van der Waals surface area (Å²) in [6.07, 6.45) is 6.06. The zero-order chi connectivity index (χ0) is 27.2. The molecule has 0 spiro atoms. The van der Waals surface area contributed by atoms with Crippen LogP contribution in [0.4, 0.5) is 0 Å². The van der Waals surface area contributed by atoms with Gasteiger partial charge in [-0.3, -0.25) is 9.59 Å². The third-order valence-corrected chi connectivity index (χ3v) is 6.62. The van der Waals surface area contributed by atoms with E-state index in [4.69, 9.17) is 19.3 Å². The molecule has 38 heavy (non-hydrogen) atoms. The second kappa shape index (κ2) is 11.9. The molecule has 2 aromatic rings. The number of Topliss-reactive ketones (excluding diaryl/α,β-unsaturated/α-hetero) is 1. The number of phenolic OH excluding ortho intramolecular Hbond substituents is 1. The van der Waals surface area contributed by atoms with Gasteiger partial charge < -0.3 is 24.4 Å². The van der Waals surface area contributed by atoms with Gasteiger partial charge in [0.25, 0.3) is 0 Å². The number of rotatable bonds is 4. The van der Waals surface area contributed by atoms with E-state index in [0.717, 1.165) is 0 Å². The number of ketones is 1. The molecule has 9 heteroatoms. The number of allylic oxidation sites excluding steroid dienone is 1. The van der Waals surface area contributed by atoms with Gasteiger partial charge >= 0.3 is 17.9 Å². The van der Waals surface area contributed by atoms with E-state index >= 15 is 0 Å². The van der Waals surface area contributed by atoms with Crippen molar-refractivity contribution >= 4 is 29.8 Å². The molecule has 0 saturated carbocycles. The van der Waals surface area contributed by atoms with Gasteiger partial charge in [0.2, 0.25) is 0 Å². The first-order valence-electron chi connectivity index (χ1n) is 12.7. The molecule has 9 nitrogen and oxygen atoms in total. The minimum Gasteiger partial charge on any atom is -0.507 e. The van der Waals surface area contributed by atoms with Crippen LogP contribution in [0.3, 0.4) is 0 Å². The Bertz CT molecular complexity index is 1280. The van der Waals surface area contributed by atoms with Crippen molar-refractivity contribution in [2.45, 2.75) is 63.9 Å². The quantitative estimate of drug-likeness (QED) is 0.429. The fourth-order valence-electron chi connectivity index (χ4n) is 4.82. The normalized spacial score (nSPS) is 21.2. The Morgan fingerprint density at radius 2 is 1.89 bits per heavy atom. The number of hydrogen-bond donors (Lipinski definition) is 2. The van der Waals surface area contributed by atoms with Gasteiger partial charge in [-0.1, -0.05) is 30.4 Å². The second-order valence-corrected chi connectivity index (χ2v) is 9.49. The van der Waals surface area contributed by atoms with Crippen LogP contribution >= 0.6 is 0 Å². The summed E-state index contributed by atoms with van der Waals surface area (Å²) in [5.74, 6) is -3.05. The molecule has 0 radical (unpaired) electrons. The molecule has 0 bridgehead atoms. The van der Waals surface area contributed by atoms with Crippen molar-refractivity contribution in [1.29, 1.82) is 0 Å². The SMILES string of the molecule is C[C@@H]1CCCC(=O)CCC/C=C/c2cc3c(c(O)c2C(=O)O1)[C@@H](c1ccccc1OCC(=O)O)CC(=O)O3. The van der Waals surface area contributed by atoms with Crippen molar-refractivity contribution in [2.24, 2.45) is 0 Å². The van der Waals surface area contributed by atoms with Gasteiger partial charge in [0.05, 0.1) is 12.5 Å². The van der Waals surface area contributed by atoms with Crippen LogP contribution in [0.25, 0.3) is 6.08 Å². The van der Waals surface area contributed by atoms with E-state index in [9.17, 15) is 24.3 Å². The van der Waals surface area contributed by atoms with Gasteiger partial charge in [0.15, 0.2) is 6.61 Å². The Labute approximate surface area is 220 Å². The van der Waals surface area contributed by atoms with Crippen LogP contribution in [0.5, 0.6) is 17.2 Å². The van der Waals surface area contributed by atoms with Crippen molar-refractivity contribution in [2.75, 3.05) is 6.61 Å². The summed E-state index contributed by atoms with van der Waals surface area (Å²) in [6, 6.07) is 8.16.